The molecule has 7 nitrogen and oxygen atoms in total. The lowest BCUT2D eigenvalue weighted by atomic mass is 10.1. The van der Waals surface area contributed by atoms with Crippen LogP contribution >= 0.6 is 24.0 Å². The summed E-state index contributed by atoms with van der Waals surface area (Å²) in [4.78, 5) is 21.4. The lowest BCUT2D eigenvalue weighted by Crippen LogP contribution is -2.47. The molecule has 184 valence electrons. The average Bonchev–Trinajstić information content (AvgIpc) is 3.35. The molecule has 33 heavy (non-hydrogen) atoms. The summed E-state index contributed by atoms with van der Waals surface area (Å²) in [5.74, 6) is 2.56. The van der Waals surface area contributed by atoms with E-state index in [-0.39, 0.29) is 36.5 Å². The molecule has 0 radical (unpaired) electrons. The van der Waals surface area contributed by atoms with Gasteiger partial charge in [-0.15, -0.1) is 24.0 Å². The van der Waals surface area contributed by atoms with Gasteiger partial charge in [0.05, 0.1) is 11.8 Å². The highest BCUT2D eigenvalue weighted by atomic mass is 127. The van der Waals surface area contributed by atoms with Gasteiger partial charge < -0.3 is 24.6 Å². The van der Waals surface area contributed by atoms with Crippen molar-refractivity contribution < 1.29 is 14.3 Å². The standard InChI is InChI=1S/C25H38N4O3.HI/c1-2-26-25(28-16-12-21(13-17-28)31-18-20-8-3-4-9-20)27-14-7-15-29-22-10-5-6-11-23(22)32-19-24(29)30;/h5-6,10-11,20-21H,2-4,7-9,12-19H2,1H3,(H,26,27);1H. The molecule has 1 N–H and O–H groups in total. The highest BCUT2D eigenvalue weighted by Crippen LogP contribution is 2.31. The quantitative estimate of drug-likeness (QED) is 0.221. The first-order valence-corrected chi connectivity index (χ1v) is 12.4. The van der Waals surface area contributed by atoms with Crippen molar-refractivity contribution in [3.05, 3.63) is 24.3 Å². The molecule has 1 aliphatic carbocycles. The highest BCUT2D eigenvalue weighted by molar-refractivity contribution is 14.0. The fourth-order valence-electron chi connectivity index (χ4n) is 4.92. The molecule has 0 atom stereocenters. The van der Waals surface area contributed by atoms with Crippen molar-refractivity contribution in [3.8, 4) is 5.75 Å². The molecular weight excluding hydrogens is 531 g/mol. The Balaban J connectivity index is 0.00000306. The number of likely N-dealkylation sites (tertiary alicyclic amines) is 1. The summed E-state index contributed by atoms with van der Waals surface area (Å²) < 4.78 is 11.8. The molecule has 1 saturated carbocycles. The number of hydrogen-bond donors (Lipinski definition) is 1. The summed E-state index contributed by atoms with van der Waals surface area (Å²) in [5.41, 5.74) is 0.860. The summed E-state index contributed by atoms with van der Waals surface area (Å²) in [6.07, 6.45) is 8.78. The first-order chi connectivity index (χ1) is 15.7. The summed E-state index contributed by atoms with van der Waals surface area (Å²) >= 11 is 0. The Morgan fingerprint density at radius 3 is 2.70 bits per heavy atom. The molecule has 0 bridgehead atoms. The molecule has 3 aliphatic rings. The van der Waals surface area contributed by atoms with Crippen molar-refractivity contribution in [2.24, 2.45) is 10.9 Å². The molecule has 0 spiro atoms. The molecule has 2 aliphatic heterocycles. The second-order valence-corrected chi connectivity index (χ2v) is 9.06. The topological polar surface area (TPSA) is 66.4 Å². The van der Waals surface area contributed by atoms with Gasteiger partial charge in [-0.1, -0.05) is 25.0 Å². The minimum Gasteiger partial charge on any atom is -0.482 e. The van der Waals surface area contributed by atoms with Gasteiger partial charge in [-0.25, -0.2) is 0 Å². The monoisotopic (exact) mass is 570 g/mol. The summed E-state index contributed by atoms with van der Waals surface area (Å²) in [6, 6.07) is 7.73. The SMILES string of the molecule is CCNC(=NCCCN1C(=O)COc2ccccc21)N1CCC(OCC2CCCC2)CC1.I. The van der Waals surface area contributed by atoms with E-state index in [1.165, 1.54) is 25.7 Å². The second kappa shape index (κ2) is 13.4. The third-order valence-corrected chi connectivity index (χ3v) is 6.73. The molecule has 4 rings (SSSR count). The van der Waals surface area contributed by atoms with Crippen LogP contribution in [0.15, 0.2) is 29.3 Å². The van der Waals surface area contributed by atoms with E-state index < -0.39 is 0 Å². The first kappa shape index (κ1) is 26.1. The van der Waals surface area contributed by atoms with Crippen LogP contribution in [0.2, 0.25) is 0 Å². The van der Waals surface area contributed by atoms with Crippen molar-refractivity contribution in [1.82, 2.24) is 10.2 Å². The molecule has 1 saturated heterocycles. The van der Waals surface area contributed by atoms with Crippen LogP contribution in [-0.4, -0.2) is 68.8 Å². The Morgan fingerprint density at radius 1 is 1.18 bits per heavy atom. The molecule has 1 amide bonds. The number of fused-ring (bicyclic) bond motifs is 1. The van der Waals surface area contributed by atoms with Crippen LogP contribution in [0.3, 0.4) is 0 Å². The van der Waals surface area contributed by atoms with Gasteiger partial charge in [0, 0.05) is 39.3 Å². The van der Waals surface area contributed by atoms with Gasteiger partial charge in [0.2, 0.25) is 0 Å². The van der Waals surface area contributed by atoms with Crippen molar-refractivity contribution in [3.63, 3.8) is 0 Å². The van der Waals surface area contributed by atoms with E-state index in [0.29, 0.717) is 19.2 Å². The number of rotatable bonds is 8. The maximum atomic E-state index is 12.3. The zero-order valence-corrected chi connectivity index (χ0v) is 22.2. The number of aliphatic imine (C=N–C) groups is 1. The van der Waals surface area contributed by atoms with Crippen molar-refractivity contribution in [2.45, 2.75) is 58.0 Å². The number of benzene rings is 1. The van der Waals surface area contributed by atoms with Gasteiger partial charge in [0.1, 0.15) is 5.75 Å². The number of hydrogen-bond acceptors (Lipinski definition) is 4. The maximum absolute atomic E-state index is 12.3. The lowest BCUT2D eigenvalue weighted by Gasteiger charge is -2.34. The predicted octanol–water partition coefficient (Wildman–Crippen LogP) is 4.06. The van der Waals surface area contributed by atoms with Gasteiger partial charge in [-0.2, -0.15) is 0 Å². The Bertz CT molecular complexity index is 777. The molecule has 0 aromatic heterocycles. The number of amides is 1. The Morgan fingerprint density at radius 2 is 1.94 bits per heavy atom. The van der Waals surface area contributed by atoms with Gasteiger partial charge >= 0.3 is 0 Å². The Kier molecular flexibility index (Phi) is 10.6. The molecular formula is C25H39IN4O3. The number of carbonyl (C=O) groups is 1. The zero-order chi connectivity index (χ0) is 22.2. The van der Waals surface area contributed by atoms with Crippen LogP contribution in [-0.2, 0) is 9.53 Å². The van der Waals surface area contributed by atoms with Gasteiger partial charge in [0.15, 0.2) is 12.6 Å². The number of para-hydroxylation sites is 2. The van der Waals surface area contributed by atoms with E-state index in [1.54, 1.807) is 0 Å². The minimum absolute atomic E-state index is 0. The predicted molar refractivity (Wildman–Crippen MR) is 143 cm³/mol. The molecule has 2 fully saturated rings. The van der Waals surface area contributed by atoms with Crippen LogP contribution in [0.1, 0.15) is 51.9 Å². The van der Waals surface area contributed by atoms with E-state index in [1.807, 2.05) is 29.2 Å². The molecule has 2 heterocycles. The highest BCUT2D eigenvalue weighted by Gasteiger charge is 2.25. The lowest BCUT2D eigenvalue weighted by molar-refractivity contribution is -0.121. The van der Waals surface area contributed by atoms with Crippen molar-refractivity contribution in [2.75, 3.05) is 50.8 Å². The third-order valence-electron chi connectivity index (χ3n) is 6.73. The molecule has 0 unspecified atom stereocenters. The number of nitrogens with one attached hydrogen (secondary N) is 1. The average molecular weight is 571 g/mol. The van der Waals surface area contributed by atoms with Gasteiger partial charge in [0.25, 0.3) is 5.91 Å². The third kappa shape index (κ3) is 7.21. The van der Waals surface area contributed by atoms with E-state index in [0.717, 1.165) is 68.8 Å². The largest absolute Gasteiger partial charge is 0.482 e. The number of carbonyl (C=O) groups excluding carboxylic acids is 1. The Labute approximate surface area is 215 Å². The van der Waals surface area contributed by atoms with Crippen molar-refractivity contribution >= 4 is 41.5 Å². The van der Waals surface area contributed by atoms with Crippen LogP contribution in [0, 0.1) is 5.92 Å². The fraction of sp³-hybridized carbons (Fsp3) is 0.680. The second-order valence-electron chi connectivity index (χ2n) is 9.06. The number of guanidine groups is 1. The van der Waals surface area contributed by atoms with E-state index in [2.05, 4.69) is 17.1 Å². The van der Waals surface area contributed by atoms with E-state index in [4.69, 9.17) is 14.5 Å². The Hall–Kier alpha value is -1.55. The smallest absolute Gasteiger partial charge is 0.265 e. The minimum atomic E-state index is 0. The summed E-state index contributed by atoms with van der Waals surface area (Å²) in [5, 5.41) is 3.44. The number of piperidine rings is 1. The first-order valence-electron chi connectivity index (χ1n) is 12.4. The van der Waals surface area contributed by atoms with Crippen LogP contribution in [0.5, 0.6) is 5.75 Å². The van der Waals surface area contributed by atoms with Crippen molar-refractivity contribution in [1.29, 1.82) is 0 Å². The number of nitrogens with zero attached hydrogens (tertiary/aromatic N) is 3. The van der Waals surface area contributed by atoms with E-state index in [9.17, 15) is 4.79 Å². The van der Waals surface area contributed by atoms with Gasteiger partial charge in [-0.3, -0.25) is 9.79 Å². The summed E-state index contributed by atoms with van der Waals surface area (Å²) in [6.45, 7) is 7.32. The zero-order valence-electron chi connectivity index (χ0n) is 19.8. The molecule has 8 heteroatoms. The number of anilines is 1. The van der Waals surface area contributed by atoms with Gasteiger partial charge in [-0.05, 0) is 57.1 Å². The summed E-state index contributed by atoms with van der Waals surface area (Å²) in [7, 11) is 0. The van der Waals surface area contributed by atoms with Crippen LogP contribution < -0.4 is 15.0 Å². The number of ether oxygens (including phenoxy) is 2. The van der Waals surface area contributed by atoms with Crippen LogP contribution in [0.4, 0.5) is 5.69 Å². The van der Waals surface area contributed by atoms with E-state index >= 15 is 0 Å². The molecule has 1 aromatic carbocycles. The van der Waals surface area contributed by atoms with Crippen LogP contribution in [0.25, 0.3) is 0 Å². The molecule has 1 aromatic rings. The maximum Gasteiger partial charge on any atom is 0.265 e. The number of halogens is 1. The fourth-order valence-corrected chi connectivity index (χ4v) is 4.92. The normalized spacial score (nSPS) is 19.8.